The van der Waals surface area contributed by atoms with E-state index in [1.165, 1.54) is 16.8 Å². The summed E-state index contributed by atoms with van der Waals surface area (Å²) in [5.74, 6) is 0. The van der Waals surface area contributed by atoms with Crippen molar-refractivity contribution in [2.24, 2.45) is 0 Å². The molecule has 24 heavy (non-hydrogen) atoms. The van der Waals surface area contributed by atoms with Crippen LogP contribution in [0, 0.1) is 0 Å². The smallest absolute Gasteiger partial charge is 0.282 e. The Bertz CT molecular complexity index is 1030. The van der Waals surface area contributed by atoms with Crippen LogP contribution in [0.5, 0.6) is 0 Å². The van der Waals surface area contributed by atoms with Crippen molar-refractivity contribution in [2.75, 3.05) is 0 Å². The molecular weight excluding hydrogens is 330 g/mol. The van der Waals surface area contributed by atoms with Crippen molar-refractivity contribution in [3.63, 3.8) is 0 Å². The molecule has 0 amide bonds. The first-order chi connectivity index (χ1) is 11.4. The third-order valence-electron chi connectivity index (χ3n) is 3.69. The Morgan fingerprint density at radius 2 is 1.75 bits per heavy atom. The Balaban J connectivity index is 1.69. The molecule has 0 saturated heterocycles. The van der Waals surface area contributed by atoms with E-state index in [-0.39, 0.29) is 10.5 Å². The normalized spacial score (nSPS) is 11.7. The number of rotatable bonds is 5. The van der Waals surface area contributed by atoms with Crippen LogP contribution in [0.2, 0.25) is 0 Å². The van der Waals surface area contributed by atoms with Crippen LogP contribution in [0.3, 0.4) is 0 Å². The van der Waals surface area contributed by atoms with Crippen molar-refractivity contribution < 1.29 is 13.0 Å². The minimum Gasteiger partial charge on any atom is -0.282 e. The summed E-state index contributed by atoms with van der Waals surface area (Å²) in [5.41, 5.74) is 1.30. The molecule has 3 aromatic rings. The Hall–Kier alpha value is -2.58. The summed E-state index contributed by atoms with van der Waals surface area (Å²) in [4.78, 5) is 12.2. The van der Waals surface area contributed by atoms with E-state index in [4.69, 9.17) is 4.55 Å². The summed E-state index contributed by atoms with van der Waals surface area (Å²) >= 11 is 0. The first-order valence-corrected chi connectivity index (χ1v) is 8.78. The molecule has 7 nitrogen and oxygen atoms in total. The number of benzene rings is 2. The fourth-order valence-corrected chi connectivity index (χ4v) is 2.91. The van der Waals surface area contributed by atoms with Crippen molar-refractivity contribution in [3.8, 4) is 0 Å². The van der Waals surface area contributed by atoms with Crippen LogP contribution in [-0.2, 0) is 23.1 Å². The highest BCUT2D eigenvalue weighted by molar-refractivity contribution is 7.85. The molecule has 0 aliphatic heterocycles. The number of aromatic nitrogens is 3. The Kier molecular flexibility index (Phi) is 4.41. The van der Waals surface area contributed by atoms with Gasteiger partial charge in [0.25, 0.3) is 15.7 Å². The standard InChI is InChI=1S/C16H15N3O4S/c20-16-14-5-1-2-6-15(14)17-18-19(16)11-3-4-12-7-9-13(10-8-12)24(21,22)23/h1-2,5-10H,3-4,11H2,(H,21,22,23). The van der Waals surface area contributed by atoms with Crippen molar-refractivity contribution in [1.82, 2.24) is 15.0 Å². The number of nitrogens with zero attached hydrogens (tertiary/aromatic N) is 3. The van der Waals surface area contributed by atoms with Gasteiger partial charge in [0, 0.05) is 6.54 Å². The van der Waals surface area contributed by atoms with Crippen molar-refractivity contribution in [1.29, 1.82) is 0 Å². The number of aryl methyl sites for hydroxylation is 2. The SMILES string of the molecule is O=c1c2ccccc2nnn1CCCc1ccc(S(=O)(=O)O)cc1. The molecule has 8 heteroatoms. The summed E-state index contributed by atoms with van der Waals surface area (Å²) in [6.45, 7) is 0.413. The van der Waals surface area contributed by atoms with Crippen LogP contribution in [0.4, 0.5) is 0 Å². The number of fused-ring (bicyclic) bond motifs is 1. The van der Waals surface area contributed by atoms with Crippen LogP contribution in [-0.4, -0.2) is 28.0 Å². The largest absolute Gasteiger partial charge is 0.294 e. The first-order valence-electron chi connectivity index (χ1n) is 7.34. The highest BCUT2D eigenvalue weighted by Crippen LogP contribution is 2.11. The molecular formula is C16H15N3O4S. The Labute approximate surface area is 138 Å². The van der Waals surface area contributed by atoms with Crippen LogP contribution < -0.4 is 5.56 Å². The van der Waals surface area contributed by atoms with Gasteiger partial charge in [0.1, 0.15) is 5.52 Å². The molecule has 0 saturated carbocycles. The summed E-state index contributed by atoms with van der Waals surface area (Å²) in [7, 11) is -4.17. The fourth-order valence-electron chi connectivity index (χ4n) is 2.43. The van der Waals surface area contributed by atoms with Gasteiger partial charge in [-0.25, -0.2) is 4.68 Å². The fraction of sp³-hybridized carbons (Fsp3) is 0.188. The van der Waals surface area contributed by atoms with E-state index in [0.29, 0.717) is 30.3 Å². The van der Waals surface area contributed by atoms with E-state index in [9.17, 15) is 13.2 Å². The lowest BCUT2D eigenvalue weighted by molar-refractivity contribution is 0.483. The summed E-state index contributed by atoms with van der Waals surface area (Å²) in [5, 5.41) is 8.48. The lowest BCUT2D eigenvalue weighted by Gasteiger charge is -2.05. The molecule has 1 aromatic heterocycles. The van der Waals surface area contributed by atoms with Gasteiger partial charge in [0.15, 0.2) is 0 Å². The summed E-state index contributed by atoms with van der Waals surface area (Å²) in [6.07, 6.45) is 1.30. The first kappa shape index (κ1) is 16.3. The lowest BCUT2D eigenvalue weighted by atomic mass is 10.1. The van der Waals surface area contributed by atoms with E-state index in [1.807, 2.05) is 0 Å². The van der Waals surface area contributed by atoms with E-state index in [1.54, 1.807) is 36.4 Å². The summed E-state index contributed by atoms with van der Waals surface area (Å²) in [6, 6.07) is 13.0. The topological polar surface area (TPSA) is 102 Å². The Morgan fingerprint density at radius 3 is 2.46 bits per heavy atom. The van der Waals surface area contributed by atoms with Crippen LogP contribution in [0.15, 0.2) is 58.2 Å². The van der Waals surface area contributed by atoms with E-state index in [2.05, 4.69) is 10.3 Å². The minimum atomic E-state index is -4.17. The molecule has 1 heterocycles. The molecule has 0 spiro atoms. The van der Waals surface area contributed by atoms with Crippen LogP contribution in [0.25, 0.3) is 10.9 Å². The van der Waals surface area contributed by atoms with Gasteiger partial charge in [-0.05, 0) is 42.7 Å². The Morgan fingerprint density at radius 1 is 1.04 bits per heavy atom. The molecule has 2 aromatic carbocycles. The number of hydrogen-bond donors (Lipinski definition) is 1. The monoisotopic (exact) mass is 345 g/mol. The second-order valence-electron chi connectivity index (χ2n) is 5.36. The van der Waals surface area contributed by atoms with Gasteiger partial charge in [0.2, 0.25) is 0 Å². The molecule has 0 radical (unpaired) electrons. The molecule has 0 aliphatic rings. The highest BCUT2D eigenvalue weighted by Gasteiger charge is 2.09. The zero-order valence-corrected chi connectivity index (χ0v) is 13.5. The predicted octanol–water partition coefficient (Wildman–Crippen LogP) is 1.67. The van der Waals surface area contributed by atoms with E-state index < -0.39 is 10.1 Å². The van der Waals surface area contributed by atoms with E-state index >= 15 is 0 Å². The number of hydrogen-bond acceptors (Lipinski definition) is 5. The van der Waals surface area contributed by atoms with Gasteiger partial charge >= 0.3 is 0 Å². The second-order valence-corrected chi connectivity index (χ2v) is 6.78. The quantitative estimate of drug-likeness (QED) is 0.706. The highest BCUT2D eigenvalue weighted by atomic mass is 32.2. The van der Waals surface area contributed by atoms with Gasteiger partial charge in [-0.1, -0.05) is 29.5 Å². The van der Waals surface area contributed by atoms with Crippen molar-refractivity contribution >= 4 is 21.0 Å². The van der Waals surface area contributed by atoms with E-state index in [0.717, 1.165) is 5.56 Å². The molecule has 0 bridgehead atoms. The zero-order chi connectivity index (χ0) is 17.2. The molecule has 0 fully saturated rings. The molecule has 0 unspecified atom stereocenters. The lowest BCUT2D eigenvalue weighted by Crippen LogP contribution is -2.24. The predicted molar refractivity (Wildman–Crippen MR) is 88.4 cm³/mol. The zero-order valence-electron chi connectivity index (χ0n) is 12.7. The minimum absolute atomic E-state index is 0.136. The van der Waals surface area contributed by atoms with Gasteiger partial charge in [-0.2, -0.15) is 8.42 Å². The van der Waals surface area contributed by atoms with Gasteiger partial charge in [0.05, 0.1) is 10.3 Å². The molecule has 1 N–H and O–H groups in total. The molecule has 0 aliphatic carbocycles. The third kappa shape index (κ3) is 3.50. The maximum atomic E-state index is 12.3. The average molecular weight is 345 g/mol. The van der Waals surface area contributed by atoms with Gasteiger partial charge in [-0.15, -0.1) is 5.10 Å². The van der Waals surface area contributed by atoms with Crippen LogP contribution >= 0.6 is 0 Å². The van der Waals surface area contributed by atoms with Gasteiger partial charge < -0.3 is 0 Å². The summed E-state index contributed by atoms with van der Waals surface area (Å²) < 4.78 is 32.2. The molecule has 124 valence electrons. The maximum Gasteiger partial charge on any atom is 0.294 e. The third-order valence-corrected chi connectivity index (χ3v) is 4.55. The van der Waals surface area contributed by atoms with Crippen molar-refractivity contribution in [3.05, 3.63) is 64.4 Å². The van der Waals surface area contributed by atoms with Crippen molar-refractivity contribution in [2.45, 2.75) is 24.3 Å². The van der Waals surface area contributed by atoms with Crippen LogP contribution in [0.1, 0.15) is 12.0 Å². The maximum absolute atomic E-state index is 12.3. The van der Waals surface area contributed by atoms with Gasteiger partial charge in [-0.3, -0.25) is 9.35 Å². The molecule has 0 atom stereocenters. The second kappa shape index (κ2) is 6.50. The average Bonchev–Trinajstić information content (AvgIpc) is 2.57. The molecule has 3 rings (SSSR count).